The largest absolute Gasteiger partial charge is 0.387 e. The number of ether oxygens (including phenoxy) is 1. The third-order valence-corrected chi connectivity index (χ3v) is 4.93. The number of amides is 1. The molecule has 1 N–H and O–H groups in total. The van der Waals surface area contributed by atoms with Gasteiger partial charge in [-0.1, -0.05) is 0 Å². The van der Waals surface area contributed by atoms with Crippen molar-refractivity contribution in [3.63, 3.8) is 0 Å². The quantitative estimate of drug-likeness (QED) is 0.818. The molecule has 3 saturated heterocycles. The summed E-state index contributed by atoms with van der Waals surface area (Å²) in [6.07, 6.45) is 4.86. The lowest BCUT2D eigenvalue weighted by Gasteiger charge is -2.30. The Labute approximate surface area is 120 Å². The van der Waals surface area contributed by atoms with E-state index in [0.717, 1.165) is 38.9 Å². The van der Waals surface area contributed by atoms with Crippen molar-refractivity contribution in [1.29, 1.82) is 0 Å². The van der Waals surface area contributed by atoms with Crippen molar-refractivity contribution in [2.45, 2.75) is 37.7 Å². The molecule has 20 heavy (non-hydrogen) atoms. The van der Waals surface area contributed by atoms with Crippen molar-refractivity contribution in [3.05, 3.63) is 0 Å². The molecule has 0 bridgehead atoms. The molecule has 3 aliphatic rings. The molecule has 3 heterocycles. The fraction of sp³-hybridized carbons (Fsp3) is 0.933. The first kappa shape index (κ1) is 14.3. The van der Waals surface area contributed by atoms with Crippen molar-refractivity contribution in [2.75, 3.05) is 45.9 Å². The van der Waals surface area contributed by atoms with Crippen molar-refractivity contribution in [2.24, 2.45) is 5.92 Å². The molecule has 5 nitrogen and oxygen atoms in total. The Morgan fingerprint density at radius 2 is 1.90 bits per heavy atom. The third kappa shape index (κ3) is 3.15. The molecule has 114 valence electrons. The number of carbonyl (C=O) groups is 1. The van der Waals surface area contributed by atoms with Crippen LogP contribution in [0.4, 0.5) is 0 Å². The summed E-state index contributed by atoms with van der Waals surface area (Å²) in [5, 5.41) is 10.7. The lowest BCUT2D eigenvalue weighted by molar-refractivity contribution is -0.138. The number of β-amino-alcohol motifs (C(OH)–C–C–N with tert-alkyl or cyclic N) is 1. The van der Waals surface area contributed by atoms with E-state index in [0.29, 0.717) is 26.3 Å². The molecule has 3 rings (SSSR count). The first-order valence-electron chi connectivity index (χ1n) is 7.98. The summed E-state index contributed by atoms with van der Waals surface area (Å²) in [5.74, 6) is 0.337. The molecular formula is C15H26N2O3. The average Bonchev–Trinajstić information content (AvgIpc) is 3.09. The highest BCUT2D eigenvalue weighted by Gasteiger charge is 2.41. The summed E-state index contributed by atoms with van der Waals surface area (Å²) >= 11 is 0. The van der Waals surface area contributed by atoms with Gasteiger partial charge in [0.05, 0.1) is 12.1 Å². The predicted molar refractivity (Wildman–Crippen MR) is 75.4 cm³/mol. The lowest BCUT2D eigenvalue weighted by Crippen LogP contribution is -2.46. The van der Waals surface area contributed by atoms with Crippen LogP contribution < -0.4 is 0 Å². The van der Waals surface area contributed by atoms with Gasteiger partial charge in [0.25, 0.3) is 0 Å². The number of hydrogen-bond donors (Lipinski definition) is 1. The fourth-order valence-corrected chi connectivity index (χ4v) is 3.73. The maximum Gasteiger partial charge on any atom is 0.225 e. The first-order valence-corrected chi connectivity index (χ1v) is 7.98. The van der Waals surface area contributed by atoms with Crippen LogP contribution in [0.5, 0.6) is 0 Å². The molecule has 0 radical (unpaired) electrons. The third-order valence-electron chi connectivity index (χ3n) is 4.93. The normalized spacial score (nSPS) is 33.0. The predicted octanol–water partition coefficient (Wildman–Crippen LogP) is 0.472. The molecule has 0 unspecified atom stereocenters. The van der Waals surface area contributed by atoms with Gasteiger partial charge in [-0.25, -0.2) is 0 Å². The summed E-state index contributed by atoms with van der Waals surface area (Å²) in [4.78, 5) is 16.7. The number of carbonyl (C=O) groups excluding carboxylic acids is 1. The Morgan fingerprint density at radius 1 is 1.20 bits per heavy atom. The monoisotopic (exact) mass is 282 g/mol. The SMILES string of the molecule is O=C(C1CCOCC1)N1CC[C@@](O)(CN2CCCC2)C1. The molecule has 1 atom stereocenters. The number of hydrogen-bond acceptors (Lipinski definition) is 4. The smallest absolute Gasteiger partial charge is 0.225 e. The topological polar surface area (TPSA) is 53.0 Å². The maximum absolute atomic E-state index is 12.5. The number of rotatable bonds is 3. The van der Waals surface area contributed by atoms with E-state index >= 15 is 0 Å². The fourth-order valence-electron chi connectivity index (χ4n) is 3.73. The highest BCUT2D eigenvalue weighted by molar-refractivity contribution is 5.79. The van der Waals surface area contributed by atoms with Crippen molar-refractivity contribution < 1.29 is 14.6 Å². The molecule has 0 aromatic heterocycles. The second kappa shape index (κ2) is 6.00. The van der Waals surface area contributed by atoms with Crippen LogP contribution in [0, 0.1) is 5.92 Å². The van der Waals surface area contributed by atoms with Crippen molar-refractivity contribution in [1.82, 2.24) is 9.80 Å². The molecule has 0 aromatic rings. The van der Waals surface area contributed by atoms with Gasteiger partial charge in [-0.15, -0.1) is 0 Å². The standard InChI is InChI=1S/C15H26N2O3/c18-14(13-3-9-20-10-4-13)17-8-5-15(19,12-17)11-16-6-1-2-7-16/h13,19H,1-12H2/t15-/m1/s1. The first-order chi connectivity index (χ1) is 9.66. The molecule has 0 saturated carbocycles. The Hall–Kier alpha value is -0.650. The van der Waals surface area contributed by atoms with Gasteiger partial charge < -0.3 is 19.6 Å². The Balaban J connectivity index is 1.53. The van der Waals surface area contributed by atoms with Gasteiger partial charge in [-0.2, -0.15) is 0 Å². The Kier molecular flexibility index (Phi) is 4.29. The van der Waals surface area contributed by atoms with E-state index in [1.807, 2.05) is 4.90 Å². The summed E-state index contributed by atoms with van der Waals surface area (Å²) < 4.78 is 5.32. The van der Waals surface area contributed by atoms with Gasteiger partial charge in [0.15, 0.2) is 0 Å². The molecular weight excluding hydrogens is 256 g/mol. The van der Waals surface area contributed by atoms with E-state index in [1.54, 1.807) is 0 Å². The van der Waals surface area contributed by atoms with Crippen LogP contribution in [-0.4, -0.2) is 72.4 Å². The van der Waals surface area contributed by atoms with Crippen LogP contribution in [0.2, 0.25) is 0 Å². The summed E-state index contributed by atoms with van der Waals surface area (Å²) in [7, 11) is 0. The van der Waals surface area contributed by atoms with Crippen molar-refractivity contribution >= 4 is 5.91 Å². The Bertz CT molecular complexity index is 351. The maximum atomic E-state index is 12.5. The summed E-state index contributed by atoms with van der Waals surface area (Å²) in [5.41, 5.74) is -0.689. The zero-order valence-electron chi connectivity index (χ0n) is 12.2. The second-order valence-electron chi connectivity index (χ2n) is 6.60. The van der Waals surface area contributed by atoms with Gasteiger partial charge in [0, 0.05) is 32.2 Å². The van der Waals surface area contributed by atoms with Crippen molar-refractivity contribution in [3.8, 4) is 0 Å². The minimum Gasteiger partial charge on any atom is -0.387 e. The van der Waals surface area contributed by atoms with Crippen LogP contribution >= 0.6 is 0 Å². The minimum atomic E-state index is -0.689. The molecule has 0 aromatic carbocycles. The lowest BCUT2D eigenvalue weighted by atomic mass is 9.98. The molecule has 5 heteroatoms. The summed E-state index contributed by atoms with van der Waals surface area (Å²) in [6, 6.07) is 0. The van der Waals surface area contributed by atoms with E-state index in [4.69, 9.17) is 4.74 Å². The molecule has 0 aliphatic carbocycles. The highest BCUT2D eigenvalue weighted by atomic mass is 16.5. The molecule has 3 fully saturated rings. The summed E-state index contributed by atoms with van der Waals surface area (Å²) in [6.45, 7) is 5.53. The van der Waals surface area contributed by atoms with Crippen LogP contribution in [0.25, 0.3) is 0 Å². The zero-order valence-corrected chi connectivity index (χ0v) is 12.2. The van der Waals surface area contributed by atoms with Gasteiger partial charge >= 0.3 is 0 Å². The number of nitrogens with zero attached hydrogens (tertiary/aromatic N) is 2. The minimum absolute atomic E-state index is 0.109. The van der Waals surface area contributed by atoms with E-state index in [1.165, 1.54) is 12.8 Å². The van der Waals surface area contributed by atoms with E-state index in [-0.39, 0.29) is 11.8 Å². The van der Waals surface area contributed by atoms with Gasteiger partial charge in [-0.3, -0.25) is 4.79 Å². The number of aliphatic hydroxyl groups is 1. The van der Waals surface area contributed by atoms with Gasteiger partial charge in [0.2, 0.25) is 5.91 Å². The van der Waals surface area contributed by atoms with Gasteiger partial charge in [0.1, 0.15) is 0 Å². The molecule has 1 amide bonds. The van der Waals surface area contributed by atoms with E-state index in [9.17, 15) is 9.90 Å². The highest BCUT2D eigenvalue weighted by Crippen LogP contribution is 2.27. The number of likely N-dealkylation sites (tertiary alicyclic amines) is 2. The van der Waals surface area contributed by atoms with Gasteiger partial charge in [-0.05, 0) is 45.2 Å². The molecule has 0 spiro atoms. The van der Waals surface area contributed by atoms with E-state index in [2.05, 4.69) is 4.90 Å². The average molecular weight is 282 g/mol. The zero-order chi connectivity index (χ0) is 14.0. The van der Waals surface area contributed by atoms with Crippen LogP contribution in [0.1, 0.15) is 32.1 Å². The van der Waals surface area contributed by atoms with Crippen LogP contribution in [-0.2, 0) is 9.53 Å². The second-order valence-corrected chi connectivity index (χ2v) is 6.60. The molecule has 3 aliphatic heterocycles. The van der Waals surface area contributed by atoms with E-state index < -0.39 is 5.60 Å². The van der Waals surface area contributed by atoms with Crippen LogP contribution in [0.15, 0.2) is 0 Å². The van der Waals surface area contributed by atoms with Crippen LogP contribution in [0.3, 0.4) is 0 Å². The Morgan fingerprint density at radius 3 is 2.60 bits per heavy atom.